The molecule has 5 nitrogen and oxygen atoms in total. The molecular weight excluding hydrogens is 341 g/mol. The predicted molar refractivity (Wildman–Crippen MR) is 97.7 cm³/mol. The van der Waals surface area contributed by atoms with Crippen LogP contribution in [0.3, 0.4) is 0 Å². The predicted octanol–water partition coefficient (Wildman–Crippen LogP) is 2.35. The van der Waals surface area contributed by atoms with Crippen LogP contribution in [0.4, 0.5) is 4.39 Å². The molecule has 25 heavy (non-hydrogen) atoms. The summed E-state index contributed by atoms with van der Waals surface area (Å²) in [5.74, 6) is 0.205. The molecule has 2 aromatic carbocycles. The number of sulfone groups is 1. The minimum Gasteiger partial charge on any atom is -0.357 e. The number of guanidine groups is 1. The number of nitrogens with one attached hydrogen (secondary N) is 2. The Hall–Kier alpha value is -2.41. The maximum absolute atomic E-state index is 12.9. The van der Waals surface area contributed by atoms with E-state index in [0.717, 1.165) is 5.56 Å². The van der Waals surface area contributed by atoms with Gasteiger partial charge in [0.05, 0.1) is 17.2 Å². The quantitative estimate of drug-likeness (QED) is 0.585. The van der Waals surface area contributed by atoms with Crippen LogP contribution >= 0.6 is 0 Å². The van der Waals surface area contributed by atoms with Gasteiger partial charge in [0.15, 0.2) is 15.8 Å². The van der Waals surface area contributed by atoms with Crippen molar-refractivity contribution in [3.8, 4) is 0 Å². The maximum Gasteiger partial charge on any atom is 0.191 e. The Bertz CT molecular complexity index is 791. The number of hydrogen-bond acceptors (Lipinski definition) is 3. The number of benzene rings is 2. The Morgan fingerprint density at radius 2 is 1.72 bits per heavy atom. The summed E-state index contributed by atoms with van der Waals surface area (Å²) in [6, 6.07) is 14.5. The van der Waals surface area contributed by atoms with E-state index in [1.807, 2.05) is 6.92 Å². The van der Waals surface area contributed by atoms with E-state index in [0.29, 0.717) is 23.9 Å². The molecule has 0 aliphatic heterocycles. The third kappa shape index (κ3) is 6.19. The average molecular weight is 363 g/mol. The number of aliphatic imine (C=N–C) groups is 1. The van der Waals surface area contributed by atoms with Crippen LogP contribution in [-0.4, -0.2) is 33.2 Å². The van der Waals surface area contributed by atoms with Crippen LogP contribution in [0.25, 0.3) is 0 Å². The summed E-state index contributed by atoms with van der Waals surface area (Å²) in [5, 5.41) is 6.07. The zero-order chi connectivity index (χ0) is 18.1. The van der Waals surface area contributed by atoms with Gasteiger partial charge in [0, 0.05) is 13.1 Å². The molecule has 0 spiro atoms. The molecule has 0 heterocycles. The third-order valence-corrected chi connectivity index (χ3v) is 5.17. The largest absolute Gasteiger partial charge is 0.357 e. The first-order chi connectivity index (χ1) is 12.0. The van der Waals surface area contributed by atoms with Crippen LogP contribution in [-0.2, 0) is 16.4 Å². The zero-order valence-electron chi connectivity index (χ0n) is 14.1. The average Bonchev–Trinajstić information content (AvgIpc) is 2.61. The highest BCUT2D eigenvalue weighted by molar-refractivity contribution is 7.91. The fourth-order valence-corrected chi connectivity index (χ4v) is 3.33. The first kappa shape index (κ1) is 18.9. The third-order valence-electron chi connectivity index (χ3n) is 3.44. The lowest BCUT2D eigenvalue weighted by Gasteiger charge is -2.11. The van der Waals surface area contributed by atoms with Gasteiger partial charge in [0.1, 0.15) is 5.82 Å². The molecule has 7 heteroatoms. The van der Waals surface area contributed by atoms with Crippen LogP contribution in [0.1, 0.15) is 12.5 Å². The van der Waals surface area contributed by atoms with Crippen LogP contribution in [0.2, 0.25) is 0 Å². The topological polar surface area (TPSA) is 70.6 Å². The summed E-state index contributed by atoms with van der Waals surface area (Å²) in [6.45, 7) is 3.20. The summed E-state index contributed by atoms with van der Waals surface area (Å²) < 4.78 is 37.4. The van der Waals surface area contributed by atoms with Crippen molar-refractivity contribution in [2.45, 2.75) is 18.4 Å². The zero-order valence-corrected chi connectivity index (χ0v) is 14.9. The lowest BCUT2D eigenvalue weighted by atomic mass is 10.2. The summed E-state index contributed by atoms with van der Waals surface area (Å²) in [6.07, 6.45) is 0. The van der Waals surface area contributed by atoms with Crippen molar-refractivity contribution in [2.75, 3.05) is 18.8 Å². The normalized spacial score (nSPS) is 12.0. The van der Waals surface area contributed by atoms with E-state index in [1.165, 1.54) is 12.1 Å². The maximum atomic E-state index is 12.9. The molecule has 134 valence electrons. The Kier molecular flexibility index (Phi) is 6.94. The molecule has 0 atom stereocenters. The highest BCUT2D eigenvalue weighted by atomic mass is 32.2. The van der Waals surface area contributed by atoms with Gasteiger partial charge in [-0.25, -0.2) is 17.8 Å². The molecule has 2 aromatic rings. The smallest absolute Gasteiger partial charge is 0.191 e. The van der Waals surface area contributed by atoms with Crippen molar-refractivity contribution >= 4 is 15.8 Å². The number of rotatable bonds is 7. The molecule has 0 unspecified atom stereocenters. The monoisotopic (exact) mass is 363 g/mol. The van der Waals surface area contributed by atoms with Gasteiger partial charge >= 0.3 is 0 Å². The molecule has 0 aromatic heterocycles. The number of nitrogens with zero attached hydrogens (tertiary/aromatic N) is 1. The molecule has 0 aliphatic rings. The molecule has 2 rings (SSSR count). The van der Waals surface area contributed by atoms with Crippen LogP contribution in [0, 0.1) is 5.82 Å². The van der Waals surface area contributed by atoms with Crippen LogP contribution in [0.5, 0.6) is 0 Å². The molecule has 0 fully saturated rings. The van der Waals surface area contributed by atoms with Gasteiger partial charge in [-0.05, 0) is 36.8 Å². The second kappa shape index (κ2) is 9.17. The summed E-state index contributed by atoms with van der Waals surface area (Å²) in [5.41, 5.74) is 0.871. The Morgan fingerprint density at radius 3 is 2.36 bits per heavy atom. The second-order valence-electron chi connectivity index (χ2n) is 5.38. The highest BCUT2D eigenvalue weighted by Crippen LogP contribution is 2.09. The first-order valence-corrected chi connectivity index (χ1v) is 9.71. The standard InChI is InChI=1S/C18H22FN3O2S/c1-2-20-18(22-14-15-8-10-16(19)11-9-15)21-12-13-25(23,24)17-6-4-3-5-7-17/h3-11H,2,12-14H2,1H3,(H2,20,21,22). The van der Waals surface area contributed by atoms with Gasteiger partial charge in [-0.3, -0.25) is 0 Å². The van der Waals surface area contributed by atoms with Gasteiger partial charge in [-0.2, -0.15) is 0 Å². The van der Waals surface area contributed by atoms with Gasteiger partial charge in [-0.15, -0.1) is 0 Å². The number of halogens is 1. The minimum atomic E-state index is -3.33. The van der Waals surface area contributed by atoms with Crippen LogP contribution < -0.4 is 10.6 Å². The molecular formula is C18H22FN3O2S. The van der Waals surface area contributed by atoms with Crippen molar-refractivity contribution < 1.29 is 12.8 Å². The molecule has 0 aliphatic carbocycles. The molecule has 0 saturated heterocycles. The van der Waals surface area contributed by atoms with E-state index in [2.05, 4.69) is 15.6 Å². The summed E-state index contributed by atoms with van der Waals surface area (Å²) in [7, 11) is -3.33. The van der Waals surface area contributed by atoms with Crippen molar-refractivity contribution in [1.29, 1.82) is 0 Å². The van der Waals surface area contributed by atoms with Crippen molar-refractivity contribution in [3.63, 3.8) is 0 Å². The molecule has 0 bridgehead atoms. The van der Waals surface area contributed by atoms with E-state index in [9.17, 15) is 12.8 Å². The Morgan fingerprint density at radius 1 is 1.04 bits per heavy atom. The van der Waals surface area contributed by atoms with Gasteiger partial charge in [-0.1, -0.05) is 30.3 Å². The fraction of sp³-hybridized carbons (Fsp3) is 0.278. The lowest BCUT2D eigenvalue weighted by Crippen LogP contribution is -2.39. The summed E-state index contributed by atoms with van der Waals surface area (Å²) >= 11 is 0. The number of hydrogen-bond donors (Lipinski definition) is 2. The van der Waals surface area contributed by atoms with Gasteiger partial charge in [0.2, 0.25) is 0 Å². The van der Waals surface area contributed by atoms with Gasteiger partial charge < -0.3 is 10.6 Å². The SMILES string of the molecule is CCNC(=NCc1ccc(F)cc1)NCCS(=O)(=O)c1ccccc1. The molecule has 0 saturated carbocycles. The highest BCUT2D eigenvalue weighted by Gasteiger charge is 2.13. The molecule has 0 radical (unpaired) electrons. The Balaban J connectivity index is 1.92. The van der Waals surface area contributed by atoms with Gasteiger partial charge in [0.25, 0.3) is 0 Å². The van der Waals surface area contributed by atoms with Crippen molar-refractivity contribution in [3.05, 3.63) is 66.0 Å². The first-order valence-electron chi connectivity index (χ1n) is 8.05. The van der Waals surface area contributed by atoms with E-state index in [1.54, 1.807) is 42.5 Å². The van der Waals surface area contributed by atoms with Crippen molar-refractivity contribution in [2.24, 2.45) is 4.99 Å². The van der Waals surface area contributed by atoms with Crippen molar-refractivity contribution in [1.82, 2.24) is 10.6 Å². The van der Waals surface area contributed by atoms with E-state index in [-0.39, 0.29) is 18.1 Å². The minimum absolute atomic E-state index is 0.0298. The van der Waals surface area contributed by atoms with E-state index < -0.39 is 9.84 Å². The Labute approximate surface area is 147 Å². The molecule has 2 N–H and O–H groups in total. The molecule has 0 amide bonds. The van der Waals surface area contributed by atoms with E-state index in [4.69, 9.17) is 0 Å². The fourth-order valence-electron chi connectivity index (χ4n) is 2.15. The summed E-state index contributed by atoms with van der Waals surface area (Å²) in [4.78, 5) is 4.69. The lowest BCUT2D eigenvalue weighted by molar-refractivity contribution is 0.594. The van der Waals surface area contributed by atoms with E-state index >= 15 is 0 Å². The second-order valence-corrected chi connectivity index (χ2v) is 7.49. The van der Waals surface area contributed by atoms with Crippen LogP contribution in [0.15, 0.2) is 64.5 Å².